The van der Waals surface area contributed by atoms with Crippen molar-refractivity contribution < 1.29 is 27.5 Å². The Balaban J connectivity index is 1.43. The van der Waals surface area contributed by atoms with Crippen LogP contribution in [0.15, 0.2) is 48.5 Å². The highest BCUT2D eigenvalue weighted by atomic mass is 19.4. The Morgan fingerprint density at radius 2 is 1.81 bits per heavy atom. The zero-order valence-corrected chi connectivity index (χ0v) is 17.1. The van der Waals surface area contributed by atoms with Gasteiger partial charge in [-0.05, 0) is 49.6 Å². The number of carbonyl (C=O) groups excluding carboxylic acids is 2. The first-order chi connectivity index (χ1) is 14.7. The van der Waals surface area contributed by atoms with Gasteiger partial charge in [0.05, 0.1) is 11.3 Å². The molecule has 0 bridgehead atoms. The average Bonchev–Trinajstić information content (AvgIpc) is 3.57. The van der Waals surface area contributed by atoms with Gasteiger partial charge in [-0.1, -0.05) is 24.3 Å². The molecule has 0 radical (unpaired) electrons. The van der Waals surface area contributed by atoms with E-state index in [-0.39, 0.29) is 37.4 Å². The van der Waals surface area contributed by atoms with E-state index >= 15 is 0 Å². The maximum atomic E-state index is 13.0. The van der Waals surface area contributed by atoms with Gasteiger partial charge in [0.25, 0.3) is 5.91 Å². The summed E-state index contributed by atoms with van der Waals surface area (Å²) in [6, 6.07) is 12.2. The van der Waals surface area contributed by atoms with E-state index in [0.29, 0.717) is 17.0 Å². The summed E-state index contributed by atoms with van der Waals surface area (Å²) < 4.78 is 44.0. The zero-order chi connectivity index (χ0) is 22.2. The van der Waals surface area contributed by atoms with E-state index in [1.165, 1.54) is 12.1 Å². The van der Waals surface area contributed by atoms with Crippen LogP contribution in [0.4, 0.5) is 18.9 Å². The van der Waals surface area contributed by atoms with Gasteiger partial charge in [-0.15, -0.1) is 0 Å². The van der Waals surface area contributed by atoms with Gasteiger partial charge in [0.1, 0.15) is 5.75 Å². The summed E-state index contributed by atoms with van der Waals surface area (Å²) in [7, 11) is 0. The SMILES string of the molecule is CC1Oc2ccccc2N(CCC(=O)N(Cc2ccc(C(F)(F)F)cc2)C2CC2)C1=O. The van der Waals surface area contributed by atoms with Gasteiger partial charge in [-0.25, -0.2) is 0 Å². The number of alkyl halides is 3. The molecule has 5 nitrogen and oxygen atoms in total. The van der Waals surface area contributed by atoms with E-state index in [2.05, 4.69) is 0 Å². The first-order valence-corrected chi connectivity index (χ1v) is 10.3. The number of halogens is 3. The molecule has 0 N–H and O–H groups in total. The van der Waals surface area contributed by atoms with Crippen molar-refractivity contribution in [2.45, 2.75) is 51.1 Å². The summed E-state index contributed by atoms with van der Waals surface area (Å²) in [6.07, 6.45) is -3.13. The van der Waals surface area contributed by atoms with Gasteiger partial charge in [0.15, 0.2) is 6.10 Å². The van der Waals surface area contributed by atoms with Crippen LogP contribution >= 0.6 is 0 Å². The van der Waals surface area contributed by atoms with Crippen molar-refractivity contribution in [3.05, 3.63) is 59.7 Å². The van der Waals surface area contributed by atoms with Crippen molar-refractivity contribution in [3.63, 3.8) is 0 Å². The van der Waals surface area contributed by atoms with Crippen molar-refractivity contribution in [1.82, 2.24) is 4.90 Å². The third-order valence-electron chi connectivity index (χ3n) is 5.57. The van der Waals surface area contributed by atoms with Crippen molar-refractivity contribution in [2.75, 3.05) is 11.4 Å². The smallest absolute Gasteiger partial charge is 0.416 e. The molecule has 1 aliphatic heterocycles. The number of ether oxygens (including phenoxy) is 1. The van der Waals surface area contributed by atoms with E-state index in [1.807, 2.05) is 6.07 Å². The largest absolute Gasteiger partial charge is 0.479 e. The minimum Gasteiger partial charge on any atom is -0.479 e. The molecule has 1 atom stereocenters. The minimum atomic E-state index is -4.39. The predicted molar refractivity (Wildman–Crippen MR) is 109 cm³/mol. The number of anilines is 1. The summed E-state index contributed by atoms with van der Waals surface area (Å²) in [4.78, 5) is 28.9. The summed E-state index contributed by atoms with van der Waals surface area (Å²) in [6.45, 7) is 2.15. The molecule has 0 aromatic heterocycles. The molecule has 0 saturated heterocycles. The normalized spacial score (nSPS) is 18.4. The van der Waals surface area contributed by atoms with Crippen LogP contribution in [0.25, 0.3) is 0 Å². The molecule has 2 aromatic carbocycles. The quantitative estimate of drug-likeness (QED) is 0.680. The fourth-order valence-corrected chi connectivity index (χ4v) is 3.74. The Kier molecular flexibility index (Phi) is 5.64. The van der Waals surface area contributed by atoms with Crippen LogP contribution in [-0.2, 0) is 22.3 Å². The zero-order valence-electron chi connectivity index (χ0n) is 17.1. The molecular weight excluding hydrogens is 409 g/mol. The lowest BCUT2D eigenvalue weighted by Gasteiger charge is -2.33. The number of benzene rings is 2. The molecule has 2 aliphatic rings. The third-order valence-corrected chi connectivity index (χ3v) is 5.57. The topological polar surface area (TPSA) is 49.9 Å². The monoisotopic (exact) mass is 432 g/mol. The molecule has 2 aromatic rings. The number of rotatable bonds is 6. The van der Waals surface area contributed by atoms with E-state index in [1.54, 1.807) is 34.9 Å². The first kappa shape index (κ1) is 21.2. The van der Waals surface area contributed by atoms with E-state index < -0.39 is 17.8 Å². The number of fused-ring (bicyclic) bond motifs is 1. The molecule has 8 heteroatoms. The second-order valence-electron chi connectivity index (χ2n) is 7.92. The summed E-state index contributed by atoms with van der Waals surface area (Å²) in [5.41, 5.74) is 0.577. The lowest BCUT2D eigenvalue weighted by Crippen LogP contribution is -2.46. The standard InChI is InChI=1S/C23H23F3N2O3/c1-15-22(30)27(19-4-2-3-5-20(19)31-15)13-12-21(29)28(18-10-11-18)14-16-6-8-17(9-7-16)23(24,25)26/h2-9,15,18H,10-14H2,1H3. The number of para-hydroxylation sites is 2. The predicted octanol–water partition coefficient (Wildman–Crippen LogP) is 4.40. The lowest BCUT2D eigenvalue weighted by molar-refractivity contribution is -0.137. The Hall–Kier alpha value is -3.03. The van der Waals surface area contributed by atoms with Gasteiger partial charge in [0.2, 0.25) is 5.91 Å². The summed E-state index contributed by atoms with van der Waals surface area (Å²) in [5, 5.41) is 0. The molecule has 1 fully saturated rings. The number of hydrogen-bond donors (Lipinski definition) is 0. The average molecular weight is 432 g/mol. The molecule has 2 amide bonds. The van der Waals surface area contributed by atoms with Crippen molar-refractivity contribution in [3.8, 4) is 5.75 Å². The van der Waals surface area contributed by atoms with Gasteiger partial charge in [-0.3, -0.25) is 9.59 Å². The van der Waals surface area contributed by atoms with Crippen LogP contribution in [0, 0.1) is 0 Å². The molecule has 1 unspecified atom stereocenters. The highest BCUT2D eigenvalue weighted by molar-refractivity contribution is 6.00. The van der Waals surface area contributed by atoms with Crippen LogP contribution < -0.4 is 9.64 Å². The first-order valence-electron chi connectivity index (χ1n) is 10.3. The second-order valence-corrected chi connectivity index (χ2v) is 7.92. The van der Waals surface area contributed by atoms with E-state index in [0.717, 1.165) is 25.0 Å². The molecule has 0 spiro atoms. The minimum absolute atomic E-state index is 0.0985. The van der Waals surface area contributed by atoms with Gasteiger partial charge < -0.3 is 14.5 Å². The highest BCUT2D eigenvalue weighted by Gasteiger charge is 2.35. The van der Waals surface area contributed by atoms with Crippen LogP contribution in [0.1, 0.15) is 37.3 Å². The van der Waals surface area contributed by atoms with Crippen molar-refractivity contribution in [2.24, 2.45) is 0 Å². The third kappa shape index (κ3) is 4.68. The number of carbonyl (C=O) groups is 2. The molecule has 1 heterocycles. The number of nitrogens with zero attached hydrogens (tertiary/aromatic N) is 2. The maximum absolute atomic E-state index is 13.0. The Bertz CT molecular complexity index is 971. The highest BCUT2D eigenvalue weighted by Crippen LogP contribution is 2.35. The van der Waals surface area contributed by atoms with Crippen LogP contribution in [0.2, 0.25) is 0 Å². The van der Waals surface area contributed by atoms with Crippen LogP contribution in [-0.4, -0.2) is 35.4 Å². The van der Waals surface area contributed by atoms with Gasteiger partial charge in [0, 0.05) is 25.6 Å². The fraction of sp³-hybridized carbons (Fsp3) is 0.391. The van der Waals surface area contributed by atoms with E-state index in [4.69, 9.17) is 4.74 Å². The van der Waals surface area contributed by atoms with Gasteiger partial charge in [-0.2, -0.15) is 13.2 Å². The molecule has 31 heavy (non-hydrogen) atoms. The molecule has 164 valence electrons. The Morgan fingerprint density at radius 1 is 1.13 bits per heavy atom. The maximum Gasteiger partial charge on any atom is 0.416 e. The number of hydrogen-bond acceptors (Lipinski definition) is 3. The Morgan fingerprint density at radius 3 is 2.45 bits per heavy atom. The van der Waals surface area contributed by atoms with Crippen LogP contribution in [0.5, 0.6) is 5.75 Å². The molecule has 4 rings (SSSR count). The molecular formula is C23H23F3N2O3. The van der Waals surface area contributed by atoms with Crippen molar-refractivity contribution in [1.29, 1.82) is 0 Å². The molecule has 1 aliphatic carbocycles. The van der Waals surface area contributed by atoms with Crippen molar-refractivity contribution >= 4 is 17.5 Å². The lowest BCUT2D eigenvalue weighted by atomic mass is 10.1. The number of amides is 2. The van der Waals surface area contributed by atoms with Crippen LogP contribution in [0.3, 0.4) is 0 Å². The summed E-state index contributed by atoms with van der Waals surface area (Å²) >= 11 is 0. The van der Waals surface area contributed by atoms with E-state index in [9.17, 15) is 22.8 Å². The second kappa shape index (κ2) is 8.24. The molecule has 1 saturated carbocycles. The van der Waals surface area contributed by atoms with Gasteiger partial charge >= 0.3 is 6.18 Å². The Labute approximate surface area is 178 Å². The summed E-state index contributed by atoms with van der Waals surface area (Å²) in [5.74, 6) is 0.282. The fourth-order valence-electron chi connectivity index (χ4n) is 3.74.